The zero-order valence-electron chi connectivity index (χ0n) is 10.7. The fourth-order valence-corrected chi connectivity index (χ4v) is 3.00. The third kappa shape index (κ3) is 2.96. The van der Waals surface area contributed by atoms with Gasteiger partial charge in [0.25, 0.3) is 5.91 Å². The highest BCUT2D eigenvalue weighted by atomic mass is 79.9. The summed E-state index contributed by atoms with van der Waals surface area (Å²) < 4.78 is 1.91. The molecule has 2 aromatic rings. The summed E-state index contributed by atoms with van der Waals surface area (Å²) in [5.74, 6) is 0.0619. The molecule has 2 aromatic carbocycles. The van der Waals surface area contributed by atoms with Gasteiger partial charge in [0, 0.05) is 26.2 Å². The van der Waals surface area contributed by atoms with E-state index in [0.717, 1.165) is 27.5 Å². The minimum absolute atomic E-state index is 0.0619. The van der Waals surface area contributed by atoms with E-state index in [-0.39, 0.29) is 5.91 Å². The number of benzene rings is 2. The molecule has 0 spiro atoms. The van der Waals surface area contributed by atoms with Crippen LogP contribution in [-0.4, -0.2) is 11.9 Å². The molecular formula is C16H13Br2NO. The van der Waals surface area contributed by atoms with Crippen molar-refractivity contribution >= 4 is 43.5 Å². The van der Waals surface area contributed by atoms with Crippen LogP contribution in [0.4, 0.5) is 5.69 Å². The predicted octanol–water partition coefficient (Wildman–Crippen LogP) is 5.02. The first kappa shape index (κ1) is 13.8. The van der Waals surface area contributed by atoms with Gasteiger partial charge >= 0.3 is 0 Å². The van der Waals surface area contributed by atoms with Gasteiger partial charge in [-0.2, -0.15) is 0 Å². The number of hydrogen-bond acceptors (Lipinski definition) is 1. The van der Waals surface area contributed by atoms with Crippen LogP contribution in [0.5, 0.6) is 0 Å². The van der Waals surface area contributed by atoms with E-state index >= 15 is 0 Å². The second kappa shape index (κ2) is 5.70. The first-order chi connectivity index (χ1) is 9.65. The Morgan fingerprint density at radius 2 is 1.65 bits per heavy atom. The minimum Gasteiger partial charge on any atom is -0.305 e. The van der Waals surface area contributed by atoms with E-state index in [2.05, 4.69) is 31.9 Å². The molecule has 1 saturated carbocycles. The lowest BCUT2D eigenvalue weighted by atomic mass is 10.1. The van der Waals surface area contributed by atoms with Crippen molar-refractivity contribution in [2.24, 2.45) is 0 Å². The van der Waals surface area contributed by atoms with Crippen LogP contribution in [0.2, 0.25) is 0 Å². The summed E-state index contributed by atoms with van der Waals surface area (Å²) in [6.45, 7) is 0. The van der Waals surface area contributed by atoms with E-state index in [1.54, 1.807) is 0 Å². The Kier molecular flexibility index (Phi) is 3.94. The molecule has 0 bridgehead atoms. The molecule has 0 unspecified atom stereocenters. The average molecular weight is 395 g/mol. The molecule has 0 heterocycles. The van der Waals surface area contributed by atoms with Crippen molar-refractivity contribution in [3.8, 4) is 0 Å². The first-order valence-electron chi connectivity index (χ1n) is 6.50. The number of rotatable bonds is 3. The standard InChI is InChI=1S/C16H13Br2NO/c17-12-4-1-3-11(9-12)16(20)19(14-7-8-14)15-6-2-5-13(18)10-15/h1-6,9-10,14H,7-8H2. The molecule has 20 heavy (non-hydrogen) atoms. The summed E-state index contributed by atoms with van der Waals surface area (Å²) in [4.78, 5) is 14.7. The van der Waals surface area contributed by atoms with Gasteiger partial charge in [0.15, 0.2) is 0 Å². The van der Waals surface area contributed by atoms with Crippen molar-refractivity contribution < 1.29 is 4.79 Å². The summed E-state index contributed by atoms with van der Waals surface area (Å²) in [7, 11) is 0. The number of halogens is 2. The van der Waals surface area contributed by atoms with Gasteiger partial charge in [0.2, 0.25) is 0 Å². The number of amides is 1. The summed E-state index contributed by atoms with van der Waals surface area (Å²) in [5.41, 5.74) is 1.66. The van der Waals surface area contributed by atoms with Gasteiger partial charge in [-0.1, -0.05) is 44.0 Å². The van der Waals surface area contributed by atoms with Crippen molar-refractivity contribution in [1.29, 1.82) is 0 Å². The fourth-order valence-electron chi connectivity index (χ4n) is 2.21. The fraction of sp³-hybridized carbons (Fsp3) is 0.188. The van der Waals surface area contributed by atoms with Gasteiger partial charge in [0.1, 0.15) is 0 Å². The molecule has 1 amide bonds. The molecule has 1 fully saturated rings. The predicted molar refractivity (Wildman–Crippen MR) is 88.1 cm³/mol. The van der Waals surface area contributed by atoms with E-state index < -0.39 is 0 Å². The maximum absolute atomic E-state index is 12.8. The SMILES string of the molecule is O=C(c1cccc(Br)c1)N(c1cccc(Br)c1)C1CC1. The first-order valence-corrected chi connectivity index (χ1v) is 8.08. The Hall–Kier alpha value is -1.13. The Morgan fingerprint density at radius 3 is 2.25 bits per heavy atom. The minimum atomic E-state index is 0.0619. The zero-order valence-corrected chi connectivity index (χ0v) is 13.9. The van der Waals surface area contributed by atoms with Crippen molar-refractivity contribution in [3.05, 3.63) is 63.0 Å². The van der Waals surface area contributed by atoms with E-state index in [0.29, 0.717) is 11.6 Å². The van der Waals surface area contributed by atoms with E-state index in [1.165, 1.54) is 0 Å². The average Bonchev–Trinajstić information content (AvgIpc) is 3.24. The Morgan fingerprint density at radius 1 is 1.00 bits per heavy atom. The van der Waals surface area contributed by atoms with Gasteiger partial charge < -0.3 is 4.90 Å². The molecule has 0 atom stereocenters. The number of carbonyl (C=O) groups excluding carboxylic acids is 1. The molecular weight excluding hydrogens is 382 g/mol. The highest BCUT2D eigenvalue weighted by Crippen LogP contribution is 2.34. The molecule has 0 N–H and O–H groups in total. The van der Waals surface area contributed by atoms with Crippen LogP contribution < -0.4 is 4.90 Å². The number of carbonyl (C=O) groups is 1. The number of nitrogens with zero attached hydrogens (tertiary/aromatic N) is 1. The second-order valence-corrected chi connectivity index (χ2v) is 6.73. The van der Waals surface area contributed by atoms with Crippen LogP contribution in [-0.2, 0) is 0 Å². The third-order valence-electron chi connectivity index (χ3n) is 3.29. The maximum Gasteiger partial charge on any atom is 0.258 e. The Bertz CT molecular complexity index is 652. The van der Waals surface area contributed by atoms with Crippen LogP contribution in [0.15, 0.2) is 57.5 Å². The summed E-state index contributed by atoms with van der Waals surface area (Å²) in [6.07, 6.45) is 2.15. The molecule has 0 aliphatic heterocycles. The van der Waals surface area contributed by atoms with E-state index in [1.807, 2.05) is 53.4 Å². The van der Waals surface area contributed by atoms with E-state index in [9.17, 15) is 4.79 Å². The lowest BCUT2D eigenvalue weighted by Crippen LogP contribution is -2.33. The van der Waals surface area contributed by atoms with Crippen molar-refractivity contribution in [2.75, 3.05) is 4.90 Å². The lowest BCUT2D eigenvalue weighted by Gasteiger charge is -2.23. The molecule has 0 aromatic heterocycles. The van der Waals surface area contributed by atoms with Crippen LogP contribution in [0.25, 0.3) is 0 Å². The summed E-state index contributed by atoms with van der Waals surface area (Å²) in [6, 6.07) is 15.8. The molecule has 102 valence electrons. The normalized spacial score (nSPS) is 14.1. The van der Waals surface area contributed by atoms with Gasteiger partial charge in [-0.05, 0) is 49.2 Å². The van der Waals surface area contributed by atoms with Crippen LogP contribution in [0, 0.1) is 0 Å². The third-order valence-corrected chi connectivity index (χ3v) is 4.28. The van der Waals surface area contributed by atoms with Gasteiger partial charge in [-0.25, -0.2) is 0 Å². The van der Waals surface area contributed by atoms with Crippen LogP contribution >= 0.6 is 31.9 Å². The Labute approximate surface area is 135 Å². The van der Waals surface area contributed by atoms with E-state index in [4.69, 9.17) is 0 Å². The zero-order chi connectivity index (χ0) is 14.1. The topological polar surface area (TPSA) is 20.3 Å². The molecule has 2 nitrogen and oxygen atoms in total. The molecule has 3 rings (SSSR count). The molecule has 1 aliphatic carbocycles. The quantitative estimate of drug-likeness (QED) is 0.715. The molecule has 0 radical (unpaired) electrons. The van der Waals surface area contributed by atoms with Crippen molar-refractivity contribution in [2.45, 2.75) is 18.9 Å². The largest absolute Gasteiger partial charge is 0.305 e. The smallest absolute Gasteiger partial charge is 0.258 e. The Balaban J connectivity index is 1.97. The van der Waals surface area contributed by atoms with Crippen LogP contribution in [0.1, 0.15) is 23.2 Å². The van der Waals surface area contributed by atoms with Crippen molar-refractivity contribution in [3.63, 3.8) is 0 Å². The van der Waals surface area contributed by atoms with Gasteiger partial charge in [0.05, 0.1) is 0 Å². The maximum atomic E-state index is 12.8. The van der Waals surface area contributed by atoms with Gasteiger partial charge in [-0.15, -0.1) is 0 Å². The molecule has 0 saturated heterocycles. The second-order valence-electron chi connectivity index (χ2n) is 4.90. The highest BCUT2D eigenvalue weighted by Gasteiger charge is 2.34. The lowest BCUT2D eigenvalue weighted by molar-refractivity contribution is 0.0985. The van der Waals surface area contributed by atoms with Crippen LogP contribution in [0.3, 0.4) is 0 Å². The summed E-state index contributed by atoms with van der Waals surface area (Å²) in [5, 5.41) is 0. The number of hydrogen-bond donors (Lipinski definition) is 0. The van der Waals surface area contributed by atoms with Gasteiger partial charge in [-0.3, -0.25) is 4.79 Å². The van der Waals surface area contributed by atoms with Crippen molar-refractivity contribution in [1.82, 2.24) is 0 Å². The molecule has 4 heteroatoms. The molecule has 1 aliphatic rings. The monoisotopic (exact) mass is 393 g/mol. The summed E-state index contributed by atoms with van der Waals surface area (Å²) >= 11 is 6.89. The highest BCUT2D eigenvalue weighted by molar-refractivity contribution is 9.10. The number of anilines is 1.